The molecule has 0 saturated carbocycles. The van der Waals surface area contributed by atoms with Crippen LogP contribution >= 0.6 is 23.2 Å². The summed E-state index contributed by atoms with van der Waals surface area (Å²) >= 11 is 11.1. The lowest BCUT2D eigenvalue weighted by molar-refractivity contribution is -0.118. The van der Waals surface area contributed by atoms with Gasteiger partial charge in [-0.15, -0.1) is 11.6 Å². The maximum atomic E-state index is 10.8. The van der Waals surface area contributed by atoms with Gasteiger partial charge in [0.1, 0.15) is 5.88 Å². The minimum atomic E-state index is -0.104. The number of amides is 1. The van der Waals surface area contributed by atoms with Gasteiger partial charge in [-0.05, 0) is 37.0 Å². The van der Waals surface area contributed by atoms with E-state index in [1.54, 1.807) is 0 Å². The molecule has 1 aromatic carbocycles. The molecule has 0 radical (unpaired) electrons. The Morgan fingerprint density at radius 1 is 1.19 bits per heavy atom. The second-order valence-corrected chi connectivity index (χ2v) is 4.27. The number of nitrogens with one attached hydrogen (secondary N) is 1. The molecule has 4 heteroatoms. The fraction of sp³-hybridized carbons (Fsp3) is 0.417. The van der Waals surface area contributed by atoms with E-state index in [0.29, 0.717) is 6.54 Å². The van der Waals surface area contributed by atoms with Gasteiger partial charge in [-0.3, -0.25) is 4.79 Å². The van der Waals surface area contributed by atoms with Crippen LogP contribution in [0.5, 0.6) is 0 Å². The smallest absolute Gasteiger partial charge is 0.234 e. The molecule has 1 N–H and O–H groups in total. The van der Waals surface area contributed by atoms with Crippen LogP contribution in [0.25, 0.3) is 0 Å². The number of aryl methyl sites for hydroxylation is 1. The van der Waals surface area contributed by atoms with Crippen LogP contribution in [0.1, 0.15) is 18.4 Å². The predicted octanol–water partition coefficient (Wildman–Crippen LogP) is 3.02. The maximum absolute atomic E-state index is 10.8. The van der Waals surface area contributed by atoms with Gasteiger partial charge in [0.15, 0.2) is 0 Å². The first-order valence-electron chi connectivity index (χ1n) is 5.29. The van der Waals surface area contributed by atoms with Crippen LogP contribution in [-0.2, 0) is 11.2 Å². The van der Waals surface area contributed by atoms with Crippen LogP contribution in [-0.4, -0.2) is 18.3 Å². The van der Waals surface area contributed by atoms with Crippen molar-refractivity contribution in [2.45, 2.75) is 19.3 Å². The molecule has 0 aliphatic rings. The van der Waals surface area contributed by atoms with E-state index in [1.165, 1.54) is 5.56 Å². The molecule has 1 rings (SSSR count). The van der Waals surface area contributed by atoms with Crippen molar-refractivity contribution in [2.75, 3.05) is 12.4 Å². The monoisotopic (exact) mass is 259 g/mol. The summed E-state index contributed by atoms with van der Waals surface area (Å²) in [5.74, 6) is -0.0647. The van der Waals surface area contributed by atoms with E-state index in [1.807, 2.05) is 24.3 Å². The van der Waals surface area contributed by atoms with Crippen LogP contribution in [0.2, 0.25) is 5.02 Å². The standard InChI is InChI=1S/C12H15Cl2NO/c13-9-12(16)15-8-2-1-3-10-4-6-11(14)7-5-10/h4-7H,1-3,8-9H2,(H,15,16). The van der Waals surface area contributed by atoms with Gasteiger partial charge in [-0.2, -0.15) is 0 Å². The molecule has 1 amide bonds. The Kier molecular flexibility index (Phi) is 6.27. The Balaban J connectivity index is 2.11. The van der Waals surface area contributed by atoms with Crippen LogP contribution in [0.15, 0.2) is 24.3 Å². The van der Waals surface area contributed by atoms with Crippen molar-refractivity contribution in [3.8, 4) is 0 Å². The van der Waals surface area contributed by atoms with Crippen molar-refractivity contribution in [2.24, 2.45) is 0 Å². The van der Waals surface area contributed by atoms with Gasteiger partial charge in [0.2, 0.25) is 5.91 Å². The fourth-order valence-corrected chi connectivity index (χ4v) is 1.60. The summed E-state index contributed by atoms with van der Waals surface area (Å²) < 4.78 is 0. The first-order valence-corrected chi connectivity index (χ1v) is 6.20. The number of alkyl halides is 1. The number of rotatable bonds is 6. The highest BCUT2D eigenvalue weighted by molar-refractivity contribution is 6.30. The van der Waals surface area contributed by atoms with Crippen molar-refractivity contribution in [3.05, 3.63) is 34.9 Å². The van der Waals surface area contributed by atoms with Crippen molar-refractivity contribution in [3.63, 3.8) is 0 Å². The van der Waals surface area contributed by atoms with E-state index in [9.17, 15) is 4.79 Å². The molecule has 0 bridgehead atoms. The molecule has 0 fully saturated rings. The lowest BCUT2D eigenvalue weighted by Crippen LogP contribution is -2.25. The average Bonchev–Trinajstić information content (AvgIpc) is 2.31. The lowest BCUT2D eigenvalue weighted by atomic mass is 10.1. The largest absolute Gasteiger partial charge is 0.355 e. The van der Waals surface area contributed by atoms with E-state index in [-0.39, 0.29) is 11.8 Å². The zero-order valence-corrected chi connectivity index (χ0v) is 10.5. The highest BCUT2D eigenvalue weighted by Crippen LogP contribution is 2.11. The minimum absolute atomic E-state index is 0.0389. The number of hydrogen-bond donors (Lipinski definition) is 1. The van der Waals surface area contributed by atoms with Crippen molar-refractivity contribution < 1.29 is 4.79 Å². The van der Waals surface area contributed by atoms with E-state index in [4.69, 9.17) is 23.2 Å². The van der Waals surface area contributed by atoms with Gasteiger partial charge >= 0.3 is 0 Å². The first-order chi connectivity index (χ1) is 7.72. The fourth-order valence-electron chi connectivity index (χ4n) is 1.38. The number of halogens is 2. The van der Waals surface area contributed by atoms with Crippen LogP contribution < -0.4 is 5.32 Å². The summed E-state index contributed by atoms with van der Waals surface area (Å²) in [4.78, 5) is 10.8. The Bertz CT molecular complexity index is 324. The van der Waals surface area contributed by atoms with E-state index < -0.39 is 0 Å². The lowest BCUT2D eigenvalue weighted by Gasteiger charge is -2.03. The minimum Gasteiger partial charge on any atom is -0.355 e. The summed E-state index contributed by atoms with van der Waals surface area (Å²) in [5.41, 5.74) is 1.27. The highest BCUT2D eigenvalue weighted by Gasteiger charge is 1.97. The van der Waals surface area contributed by atoms with Crippen molar-refractivity contribution >= 4 is 29.1 Å². The molecule has 1 aromatic rings. The Morgan fingerprint density at radius 2 is 1.88 bits per heavy atom. The average molecular weight is 260 g/mol. The maximum Gasteiger partial charge on any atom is 0.234 e. The second-order valence-electron chi connectivity index (χ2n) is 3.57. The van der Waals surface area contributed by atoms with Crippen LogP contribution in [0.3, 0.4) is 0 Å². The van der Waals surface area contributed by atoms with Gasteiger partial charge in [0, 0.05) is 11.6 Å². The summed E-state index contributed by atoms with van der Waals surface area (Å²) in [6.07, 6.45) is 3.02. The quantitative estimate of drug-likeness (QED) is 0.618. The molecule has 0 spiro atoms. The number of carbonyl (C=O) groups excluding carboxylic acids is 1. The summed E-state index contributed by atoms with van der Waals surface area (Å²) in [5, 5.41) is 3.50. The Labute approximate surface area is 106 Å². The number of benzene rings is 1. The molecular formula is C12H15Cl2NO. The predicted molar refractivity (Wildman–Crippen MR) is 68.1 cm³/mol. The summed E-state index contributed by atoms with van der Waals surface area (Å²) in [7, 11) is 0. The molecule has 16 heavy (non-hydrogen) atoms. The molecule has 0 aromatic heterocycles. The van der Waals surface area contributed by atoms with E-state index in [0.717, 1.165) is 24.3 Å². The van der Waals surface area contributed by atoms with Gasteiger partial charge in [-0.1, -0.05) is 23.7 Å². The third-order valence-electron chi connectivity index (χ3n) is 2.25. The Hall–Kier alpha value is -0.730. The molecule has 0 saturated heterocycles. The van der Waals surface area contributed by atoms with Gasteiger partial charge in [0.05, 0.1) is 0 Å². The van der Waals surface area contributed by atoms with Crippen LogP contribution in [0.4, 0.5) is 0 Å². The number of hydrogen-bond acceptors (Lipinski definition) is 1. The van der Waals surface area contributed by atoms with Gasteiger partial charge in [-0.25, -0.2) is 0 Å². The van der Waals surface area contributed by atoms with E-state index >= 15 is 0 Å². The molecule has 0 atom stereocenters. The molecule has 0 aliphatic carbocycles. The third kappa shape index (κ3) is 5.38. The number of unbranched alkanes of at least 4 members (excludes halogenated alkanes) is 1. The zero-order valence-electron chi connectivity index (χ0n) is 9.01. The van der Waals surface area contributed by atoms with Gasteiger partial charge < -0.3 is 5.32 Å². The summed E-state index contributed by atoms with van der Waals surface area (Å²) in [6.45, 7) is 0.694. The number of carbonyl (C=O) groups is 1. The van der Waals surface area contributed by atoms with Crippen LogP contribution in [0, 0.1) is 0 Å². The second kappa shape index (κ2) is 7.53. The molecule has 0 unspecified atom stereocenters. The molecule has 88 valence electrons. The highest BCUT2D eigenvalue weighted by atomic mass is 35.5. The topological polar surface area (TPSA) is 29.1 Å². The molecule has 0 heterocycles. The van der Waals surface area contributed by atoms with Crippen molar-refractivity contribution in [1.82, 2.24) is 5.32 Å². The molecule has 0 aliphatic heterocycles. The summed E-state index contributed by atoms with van der Waals surface area (Å²) in [6, 6.07) is 7.84. The SMILES string of the molecule is O=C(CCl)NCCCCc1ccc(Cl)cc1. The van der Waals surface area contributed by atoms with Gasteiger partial charge in [0.25, 0.3) is 0 Å². The zero-order chi connectivity index (χ0) is 11.8. The third-order valence-corrected chi connectivity index (χ3v) is 2.74. The van der Waals surface area contributed by atoms with Crippen molar-refractivity contribution in [1.29, 1.82) is 0 Å². The molecule has 2 nitrogen and oxygen atoms in total. The normalized spacial score (nSPS) is 10.1. The molecular weight excluding hydrogens is 245 g/mol. The Morgan fingerprint density at radius 3 is 2.50 bits per heavy atom. The first kappa shape index (κ1) is 13.3. The van der Waals surface area contributed by atoms with E-state index in [2.05, 4.69) is 5.32 Å².